The number of nitrogens with zero attached hydrogens (tertiary/aromatic N) is 2. The first-order valence-electron chi connectivity index (χ1n) is 6.52. The van der Waals surface area contributed by atoms with Gasteiger partial charge in [0.1, 0.15) is 5.75 Å². The van der Waals surface area contributed by atoms with Crippen molar-refractivity contribution in [2.75, 3.05) is 7.11 Å². The topological polar surface area (TPSA) is 89.3 Å². The summed E-state index contributed by atoms with van der Waals surface area (Å²) in [5, 5.41) is 10.0. The van der Waals surface area contributed by atoms with Gasteiger partial charge in [-0.2, -0.15) is 5.10 Å². The number of alkyl halides is 3. The van der Waals surface area contributed by atoms with Crippen molar-refractivity contribution in [3.8, 4) is 5.75 Å². The second kappa shape index (κ2) is 7.83. The zero-order chi connectivity index (χ0) is 18.4. The minimum Gasteiger partial charge on any atom is -0.466 e. The minimum atomic E-state index is -4.76. The van der Waals surface area contributed by atoms with Crippen molar-refractivity contribution in [3.63, 3.8) is 0 Å². The normalized spacial score (nSPS) is 18.0. The molecule has 1 amide bonds. The van der Waals surface area contributed by atoms with E-state index in [1.54, 1.807) is 0 Å². The molecule has 0 atom stereocenters. The molecule has 1 aromatic rings. The van der Waals surface area contributed by atoms with Crippen LogP contribution in [-0.4, -0.2) is 36.7 Å². The lowest BCUT2D eigenvalue weighted by molar-refractivity contribution is -0.274. The lowest BCUT2D eigenvalue weighted by Gasteiger charge is -2.08. The number of hydrogen-bond donors (Lipinski definition) is 1. The smallest absolute Gasteiger partial charge is 0.466 e. The first-order valence-corrected chi connectivity index (χ1v) is 7.34. The van der Waals surface area contributed by atoms with E-state index >= 15 is 0 Å². The minimum absolute atomic E-state index is 0.106. The third kappa shape index (κ3) is 5.95. The number of rotatable bonds is 4. The molecule has 0 unspecified atom stereocenters. The molecule has 0 bridgehead atoms. The van der Waals surface area contributed by atoms with E-state index in [2.05, 4.69) is 25.0 Å². The van der Waals surface area contributed by atoms with Crippen LogP contribution in [0.3, 0.4) is 0 Å². The van der Waals surface area contributed by atoms with Crippen LogP contribution >= 0.6 is 11.8 Å². The van der Waals surface area contributed by atoms with Crippen LogP contribution in [-0.2, 0) is 14.3 Å². The molecule has 1 saturated heterocycles. The Labute approximate surface area is 143 Å². The van der Waals surface area contributed by atoms with Crippen molar-refractivity contribution in [2.24, 2.45) is 10.2 Å². The lowest BCUT2D eigenvalue weighted by atomic mass is 10.2. The zero-order valence-electron chi connectivity index (χ0n) is 12.5. The van der Waals surface area contributed by atoms with Gasteiger partial charge < -0.3 is 9.47 Å². The maximum Gasteiger partial charge on any atom is 0.573 e. The van der Waals surface area contributed by atoms with Gasteiger partial charge >= 0.3 is 12.3 Å². The fourth-order valence-corrected chi connectivity index (χ4v) is 2.28. The van der Waals surface area contributed by atoms with E-state index in [4.69, 9.17) is 0 Å². The van der Waals surface area contributed by atoms with Crippen LogP contribution in [0.4, 0.5) is 13.2 Å². The van der Waals surface area contributed by atoms with E-state index in [0.717, 1.165) is 30.0 Å². The first-order chi connectivity index (χ1) is 11.8. The van der Waals surface area contributed by atoms with Crippen LogP contribution in [0.25, 0.3) is 0 Å². The molecule has 7 nitrogen and oxygen atoms in total. The standard InChI is InChI=1S/C14H10F3N3O4S/c1-23-11(21)6-10-12(22)19-13(25-10)20-18-7-8-2-4-9(5-3-8)24-14(15,16)17/h2-7H,1H3,(H,19,20,22)/b10-6+,18-7?. The van der Waals surface area contributed by atoms with Gasteiger partial charge in [-0.1, -0.05) is 0 Å². The van der Waals surface area contributed by atoms with Gasteiger partial charge in [0.15, 0.2) is 5.17 Å². The molecule has 1 fully saturated rings. The summed E-state index contributed by atoms with van der Waals surface area (Å²) >= 11 is 0.897. The molecule has 0 saturated carbocycles. The van der Waals surface area contributed by atoms with E-state index in [1.165, 1.54) is 25.5 Å². The summed E-state index contributed by atoms with van der Waals surface area (Å²) < 4.78 is 44.3. The number of ether oxygens (including phenoxy) is 2. The summed E-state index contributed by atoms with van der Waals surface area (Å²) in [6, 6.07) is 4.97. The van der Waals surface area contributed by atoms with E-state index in [-0.39, 0.29) is 15.8 Å². The van der Waals surface area contributed by atoms with Crippen LogP contribution in [0.2, 0.25) is 0 Å². The number of carbonyl (C=O) groups is 2. The van der Waals surface area contributed by atoms with Gasteiger partial charge in [-0.25, -0.2) is 4.79 Å². The predicted molar refractivity (Wildman–Crippen MR) is 84.0 cm³/mol. The molecule has 25 heavy (non-hydrogen) atoms. The van der Waals surface area contributed by atoms with Crippen molar-refractivity contribution in [1.82, 2.24) is 5.32 Å². The number of esters is 1. The number of nitrogens with one attached hydrogen (secondary N) is 1. The summed E-state index contributed by atoms with van der Waals surface area (Å²) in [5.74, 6) is -1.55. The number of amides is 1. The van der Waals surface area contributed by atoms with Gasteiger partial charge in [0, 0.05) is 6.08 Å². The molecular formula is C14H10F3N3O4S. The monoisotopic (exact) mass is 373 g/mol. The highest BCUT2D eigenvalue weighted by atomic mass is 32.2. The number of carbonyl (C=O) groups excluding carboxylic acids is 2. The number of methoxy groups -OCH3 is 1. The fraction of sp³-hybridized carbons (Fsp3) is 0.143. The van der Waals surface area contributed by atoms with Crippen LogP contribution < -0.4 is 10.1 Å². The van der Waals surface area contributed by atoms with E-state index < -0.39 is 18.2 Å². The Hall–Kier alpha value is -2.82. The number of hydrogen-bond acceptors (Lipinski definition) is 7. The summed E-state index contributed by atoms with van der Waals surface area (Å²) in [4.78, 5) is 22.8. The number of benzene rings is 1. The van der Waals surface area contributed by atoms with E-state index in [0.29, 0.717) is 5.56 Å². The third-order valence-corrected chi connectivity index (χ3v) is 3.47. The molecular weight excluding hydrogens is 363 g/mol. The van der Waals surface area contributed by atoms with Crippen LogP contribution in [0, 0.1) is 0 Å². The number of amidine groups is 1. The van der Waals surface area contributed by atoms with Gasteiger partial charge in [0.05, 0.1) is 18.2 Å². The Morgan fingerprint density at radius 1 is 1.28 bits per heavy atom. The van der Waals surface area contributed by atoms with Crippen LogP contribution in [0.1, 0.15) is 5.56 Å². The Balaban J connectivity index is 1.99. The molecule has 2 rings (SSSR count). The molecule has 1 aliphatic rings. The van der Waals surface area contributed by atoms with E-state index in [9.17, 15) is 22.8 Å². The molecule has 0 spiro atoms. The largest absolute Gasteiger partial charge is 0.573 e. The van der Waals surface area contributed by atoms with Gasteiger partial charge in [-0.3, -0.25) is 10.1 Å². The number of thioether (sulfide) groups is 1. The molecule has 132 valence electrons. The average molecular weight is 373 g/mol. The van der Waals surface area contributed by atoms with Crippen molar-refractivity contribution >= 4 is 35.0 Å². The average Bonchev–Trinajstić information content (AvgIpc) is 2.87. The van der Waals surface area contributed by atoms with Crippen molar-refractivity contribution < 1.29 is 32.2 Å². The SMILES string of the molecule is COC(=O)/C=C1/S/C(=N\N=Cc2ccc(OC(F)(F)F)cc2)NC1=O. The van der Waals surface area contributed by atoms with Crippen LogP contribution in [0.15, 0.2) is 45.4 Å². The highest BCUT2D eigenvalue weighted by Gasteiger charge is 2.30. The van der Waals surface area contributed by atoms with Crippen molar-refractivity contribution in [1.29, 1.82) is 0 Å². The molecule has 1 heterocycles. The van der Waals surface area contributed by atoms with Gasteiger partial charge in [0.25, 0.3) is 5.91 Å². The van der Waals surface area contributed by atoms with Gasteiger partial charge in [0.2, 0.25) is 0 Å². The molecule has 11 heteroatoms. The second-order valence-electron chi connectivity index (χ2n) is 4.35. The predicted octanol–water partition coefficient (Wildman–Crippen LogP) is 2.19. The summed E-state index contributed by atoms with van der Waals surface area (Å²) in [5.41, 5.74) is 0.471. The summed E-state index contributed by atoms with van der Waals surface area (Å²) in [6.45, 7) is 0. The van der Waals surface area contributed by atoms with Crippen molar-refractivity contribution in [3.05, 3.63) is 40.8 Å². The second-order valence-corrected chi connectivity index (χ2v) is 5.39. The third-order valence-electron chi connectivity index (χ3n) is 2.57. The van der Waals surface area contributed by atoms with E-state index in [1.807, 2.05) is 0 Å². The Bertz CT molecular complexity index is 758. The lowest BCUT2D eigenvalue weighted by Crippen LogP contribution is -2.19. The quantitative estimate of drug-likeness (QED) is 0.378. The Morgan fingerprint density at radius 3 is 2.56 bits per heavy atom. The number of halogens is 3. The van der Waals surface area contributed by atoms with Crippen molar-refractivity contribution in [2.45, 2.75) is 6.36 Å². The van der Waals surface area contributed by atoms with Gasteiger partial charge in [-0.15, -0.1) is 18.3 Å². The maximum atomic E-state index is 12.0. The zero-order valence-corrected chi connectivity index (χ0v) is 13.4. The maximum absolute atomic E-state index is 12.0. The Morgan fingerprint density at radius 2 is 1.96 bits per heavy atom. The summed E-state index contributed by atoms with van der Waals surface area (Å²) in [6.07, 6.45) is -2.46. The Kier molecular flexibility index (Phi) is 5.80. The molecule has 1 aliphatic heterocycles. The highest BCUT2D eigenvalue weighted by molar-refractivity contribution is 8.18. The molecule has 1 N–H and O–H groups in total. The molecule has 0 aliphatic carbocycles. The molecule has 1 aromatic carbocycles. The molecule has 0 radical (unpaired) electrons. The van der Waals surface area contributed by atoms with Gasteiger partial charge in [-0.05, 0) is 41.6 Å². The molecule has 0 aromatic heterocycles. The van der Waals surface area contributed by atoms with Crippen LogP contribution in [0.5, 0.6) is 5.75 Å². The first kappa shape index (κ1) is 18.5. The highest BCUT2D eigenvalue weighted by Crippen LogP contribution is 2.24. The fourth-order valence-electron chi connectivity index (χ4n) is 1.54. The summed E-state index contributed by atoms with van der Waals surface area (Å²) in [7, 11) is 1.18.